The Kier molecular flexibility index (Phi) is 6.09. The van der Waals surface area contributed by atoms with Crippen molar-refractivity contribution in [3.05, 3.63) is 87.0 Å². The van der Waals surface area contributed by atoms with Crippen LogP contribution in [0.3, 0.4) is 0 Å². The summed E-state index contributed by atoms with van der Waals surface area (Å²) in [4.78, 5) is 36.6. The van der Waals surface area contributed by atoms with Crippen molar-refractivity contribution in [2.45, 2.75) is 6.92 Å². The Balaban J connectivity index is 1.40. The second-order valence-corrected chi connectivity index (χ2v) is 7.99. The minimum atomic E-state index is -0.473. The van der Waals surface area contributed by atoms with Crippen molar-refractivity contribution in [3.8, 4) is 17.1 Å². The first-order valence-corrected chi connectivity index (χ1v) is 10.5. The monoisotopic (exact) mass is 450 g/mol. The first kappa shape index (κ1) is 21.4. The van der Waals surface area contributed by atoms with Crippen molar-refractivity contribution in [1.82, 2.24) is 4.90 Å². The normalized spacial score (nSPS) is 14.9. The molecule has 9 heteroatoms. The van der Waals surface area contributed by atoms with Crippen LogP contribution in [0.15, 0.2) is 70.0 Å². The van der Waals surface area contributed by atoms with Crippen LogP contribution in [0.4, 0.5) is 10.5 Å². The van der Waals surface area contributed by atoms with E-state index in [1.54, 1.807) is 24.3 Å². The highest BCUT2D eigenvalue weighted by Crippen LogP contribution is 2.33. The molecule has 4 rings (SSSR count). The van der Waals surface area contributed by atoms with Gasteiger partial charge in [0.15, 0.2) is 0 Å². The molecule has 2 amide bonds. The van der Waals surface area contributed by atoms with Gasteiger partial charge < -0.3 is 9.15 Å². The summed E-state index contributed by atoms with van der Waals surface area (Å²) in [6.45, 7) is 2.31. The first-order chi connectivity index (χ1) is 15.4. The molecule has 162 valence electrons. The van der Waals surface area contributed by atoms with Crippen molar-refractivity contribution in [2.75, 3.05) is 13.2 Å². The van der Waals surface area contributed by atoms with Gasteiger partial charge in [-0.3, -0.25) is 24.6 Å². The molecular formula is C23H18N2O6S. The van der Waals surface area contributed by atoms with Crippen LogP contribution in [0, 0.1) is 17.0 Å². The number of amides is 2. The van der Waals surface area contributed by atoms with Crippen molar-refractivity contribution in [3.63, 3.8) is 0 Å². The third kappa shape index (κ3) is 4.73. The minimum absolute atomic E-state index is 0.0134. The molecule has 0 radical (unpaired) electrons. The summed E-state index contributed by atoms with van der Waals surface area (Å²) in [5, 5.41) is 10.4. The molecule has 0 saturated carbocycles. The van der Waals surface area contributed by atoms with E-state index in [1.165, 1.54) is 18.2 Å². The number of carbonyl (C=O) groups excluding carboxylic acids is 2. The highest BCUT2D eigenvalue weighted by atomic mass is 32.2. The zero-order valence-electron chi connectivity index (χ0n) is 17.0. The molecule has 1 aliphatic heterocycles. The van der Waals surface area contributed by atoms with E-state index in [2.05, 4.69) is 0 Å². The molecule has 0 spiro atoms. The number of nitro benzene ring substituents is 1. The van der Waals surface area contributed by atoms with Gasteiger partial charge in [0, 0.05) is 23.8 Å². The lowest BCUT2D eigenvalue weighted by Crippen LogP contribution is -2.32. The number of ether oxygens (including phenoxy) is 1. The van der Waals surface area contributed by atoms with E-state index in [1.807, 2.05) is 31.2 Å². The molecule has 3 aromatic rings. The lowest BCUT2D eigenvalue weighted by atomic mass is 10.1. The van der Waals surface area contributed by atoms with Gasteiger partial charge in [0.1, 0.15) is 23.9 Å². The predicted octanol–water partition coefficient (Wildman–Crippen LogP) is 5.28. The molecule has 0 N–H and O–H groups in total. The number of nitrogens with zero attached hydrogens (tertiary/aromatic N) is 2. The van der Waals surface area contributed by atoms with Crippen LogP contribution < -0.4 is 4.74 Å². The maximum absolute atomic E-state index is 12.6. The molecule has 0 atom stereocenters. The van der Waals surface area contributed by atoms with Gasteiger partial charge in [0.25, 0.3) is 16.8 Å². The smallest absolute Gasteiger partial charge is 0.293 e. The molecule has 1 fully saturated rings. The molecule has 2 heterocycles. The predicted molar refractivity (Wildman–Crippen MR) is 120 cm³/mol. The Morgan fingerprint density at radius 1 is 1.06 bits per heavy atom. The van der Waals surface area contributed by atoms with Gasteiger partial charge in [-0.1, -0.05) is 17.7 Å². The van der Waals surface area contributed by atoms with E-state index in [-0.39, 0.29) is 29.0 Å². The van der Waals surface area contributed by atoms with Crippen molar-refractivity contribution < 1.29 is 23.7 Å². The van der Waals surface area contributed by atoms with Gasteiger partial charge in [-0.05, 0) is 55.1 Å². The van der Waals surface area contributed by atoms with Gasteiger partial charge in [-0.25, -0.2) is 0 Å². The maximum Gasteiger partial charge on any atom is 0.293 e. The second-order valence-electron chi connectivity index (χ2n) is 7.00. The van der Waals surface area contributed by atoms with Gasteiger partial charge in [0.2, 0.25) is 0 Å². The van der Waals surface area contributed by atoms with Crippen molar-refractivity contribution >= 4 is 34.7 Å². The molecule has 1 aliphatic rings. The maximum atomic E-state index is 12.6. The minimum Gasteiger partial charge on any atom is -0.492 e. The fourth-order valence-electron chi connectivity index (χ4n) is 3.04. The van der Waals surface area contributed by atoms with E-state index in [9.17, 15) is 19.7 Å². The number of hydrogen-bond donors (Lipinski definition) is 0. The SMILES string of the molecule is Cc1ccc(OCCN2C(=O)SC(=Cc3ccc(-c4ccc([N+](=O)[O-])cc4)o3)C2=O)cc1. The first-order valence-electron chi connectivity index (χ1n) is 9.70. The van der Waals surface area contributed by atoms with Crippen LogP contribution >= 0.6 is 11.8 Å². The number of rotatable bonds is 7. The number of benzene rings is 2. The van der Waals surface area contributed by atoms with Gasteiger partial charge in [0.05, 0.1) is 16.4 Å². The fraction of sp³-hybridized carbons (Fsp3) is 0.130. The van der Waals surface area contributed by atoms with Crippen LogP contribution in [0.5, 0.6) is 5.75 Å². The average molecular weight is 450 g/mol. The lowest BCUT2D eigenvalue weighted by Gasteiger charge is -2.13. The third-order valence-electron chi connectivity index (χ3n) is 4.74. The molecule has 32 heavy (non-hydrogen) atoms. The summed E-state index contributed by atoms with van der Waals surface area (Å²) in [6.07, 6.45) is 1.51. The molecule has 1 aromatic heterocycles. The van der Waals surface area contributed by atoms with E-state index in [0.29, 0.717) is 22.8 Å². The van der Waals surface area contributed by atoms with Crippen LogP contribution in [-0.4, -0.2) is 34.1 Å². The van der Waals surface area contributed by atoms with E-state index in [4.69, 9.17) is 9.15 Å². The molecule has 2 aromatic carbocycles. The Morgan fingerprint density at radius 3 is 2.47 bits per heavy atom. The number of hydrogen-bond acceptors (Lipinski definition) is 7. The molecular weight excluding hydrogens is 432 g/mol. The van der Waals surface area contributed by atoms with E-state index < -0.39 is 10.8 Å². The number of nitro groups is 1. The number of aryl methyl sites for hydroxylation is 1. The quantitative estimate of drug-likeness (QED) is 0.274. The topological polar surface area (TPSA) is 103 Å². The summed E-state index contributed by atoms with van der Waals surface area (Å²) >= 11 is 0.843. The summed E-state index contributed by atoms with van der Waals surface area (Å²) < 4.78 is 11.3. The van der Waals surface area contributed by atoms with Gasteiger partial charge in [-0.2, -0.15) is 0 Å². The lowest BCUT2D eigenvalue weighted by molar-refractivity contribution is -0.384. The summed E-state index contributed by atoms with van der Waals surface area (Å²) in [6, 6.07) is 16.8. The van der Waals surface area contributed by atoms with Crippen LogP contribution in [0.2, 0.25) is 0 Å². The zero-order chi connectivity index (χ0) is 22.7. The highest BCUT2D eigenvalue weighted by molar-refractivity contribution is 8.18. The van der Waals surface area contributed by atoms with Crippen molar-refractivity contribution in [2.24, 2.45) is 0 Å². The number of furan rings is 1. The number of carbonyl (C=O) groups is 2. The molecule has 8 nitrogen and oxygen atoms in total. The Hall–Kier alpha value is -3.85. The number of non-ortho nitro benzene ring substituents is 1. The van der Waals surface area contributed by atoms with Crippen LogP contribution in [0.1, 0.15) is 11.3 Å². The molecule has 0 bridgehead atoms. The summed E-state index contributed by atoms with van der Waals surface area (Å²) in [5.74, 6) is 1.17. The largest absolute Gasteiger partial charge is 0.492 e. The molecule has 0 aliphatic carbocycles. The van der Waals surface area contributed by atoms with Crippen LogP contribution in [0.25, 0.3) is 17.4 Å². The average Bonchev–Trinajstić information content (AvgIpc) is 3.35. The van der Waals surface area contributed by atoms with Crippen LogP contribution in [-0.2, 0) is 4.79 Å². The standard InChI is InChI=1S/C23H18N2O6S/c1-15-2-8-18(9-3-15)30-13-12-24-22(26)21(32-23(24)27)14-19-10-11-20(31-19)16-4-6-17(7-5-16)25(28)29/h2-11,14H,12-13H2,1H3. The molecule has 0 unspecified atom stereocenters. The Bertz CT molecular complexity index is 1200. The third-order valence-corrected chi connectivity index (χ3v) is 5.65. The van der Waals surface area contributed by atoms with Crippen molar-refractivity contribution in [1.29, 1.82) is 0 Å². The molecule has 1 saturated heterocycles. The van der Waals surface area contributed by atoms with Gasteiger partial charge >= 0.3 is 0 Å². The highest BCUT2D eigenvalue weighted by Gasteiger charge is 2.35. The Labute approximate surface area is 187 Å². The fourth-order valence-corrected chi connectivity index (χ4v) is 3.89. The second kappa shape index (κ2) is 9.11. The number of imide groups is 1. The zero-order valence-corrected chi connectivity index (χ0v) is 17.8. The Morgan fingerprint density at radius 2 is 1.78 bits per heavy atom. The number of thioether (sulfide) groups is 1. The summed E-state index contributed by atoms with van der Waals surface area (Å²) in [5.41, 5.74) is 1.76. The van der Waals surface area contributed by atoms with E-state index >= 15 is 0 Å². The van der Waals surface area contributed by atoms with E-state index in [0.717, 1.165) is 22.2 Å². The summed E-state index contributed by atoms with van der Waals surface area (Å²) in [7, 11) is 0. The van der Waals surface area contributed by atoms with Gasteiger partial charge in [-0.15, -0.1) is 0 Å².